The highest BCUT2D eigenvalue weighted by Gasteiger charge is 2.34. The molecule has 40 heavy (non-hydrogen) atoms. The monoisotopic (exact) mass is 553 g/mol. The highest BCUT2D eigenvalue weighted by molar-refractivity contribution is 5.88. The molecule has 0 spiro atoms. The third-order valence-corrected chi connectivity index (χ3v) is 5.83. The summed E-state index contributed by atoms with van der Waals surface area (Å²) in [5.41, 5.74) is 3.68. The number of hydrogen-bond acceptors (Lipinski definition) is 6. The van der Waals surface area contributed by atoms with Crippen LogP contribution in [0.1, 0.15) is 71.4 Å². The Morgan fingerprint density at radius 1 is 0.875 bits per heavy atom. The van der Waals surface area contributed by atoms with Gasteiger partial charge in [0.25, 0.3) is 5.91 Å². The molecule has 218 valence electrons. The van der Waals surface area contributed by atoms with Gasteiger partial charge in [-0.25, -0.2) is 14.6 Å². The smallest absolute Gasteiger partial charge is 0.407 e. The first-order valence-corrected chi connectivity index (χ1v) is 13.8. The summed E-state index contributed by atoms with van der Waals surface area (Å²) in [5, 5.41) is 3.48. The molecule has 2 rings (SSSR count). The van der Waals surface area contributed by atoms with Crippen LogP contribution in [-0.4, -0.2) is 47.1 Å². The summed E-state index contributed by atoms with van der Waals surface area (Å²) in [7, 11) is 0. The maximum Gasteiger partial charge on any atom is 0.407 e. The fourth-order valence-corrected chi connectivity index (χ4v) is 3.81. The Morgan fingerprint density at radius 2 is 1.48 bits per heavy atom. The van der Waals surface area contributed by atoms with Crippen molar-refractivity contribution in [1.29, 1.82) is 0 Å². The zero-order valence-corrected chi connectivity index (χ0v) is 24.3. The number of nitrogens with zero attached hydrogens (tertiary/aromatic N) is 1. The largest absolute Gasteiger partial charge is 0.458 e. The fourth-order valence-electron chi connectivity index (χ4n) is 3.81. The average molecular weight is 554 g/mol. The number of carbonyl (C=O) groups excluding carboxylic acids is 4. The molecule has 0 fully saturated rings. The lowest BCUT2D eigenvalue weighted by Gasteiger charge is -2.33. The van der Waals surface area contributed by atoms with Gasteiger partial charge in [0, 0.05) is 6.42 Å². The van der Waals surface area contributed by atoms with Gasteiger partial charge < -0.3 is 14.8 Å². The van der Waals surface area contributed by atoms with Crippen LogP contribution < -0.4 is 10.7 Å². The van der Waals surface area contributed by atoms with E-state index in [-0.39, 0.29) is 25.4 Å². The molecule has 0 heterocycles. The summed E-state index contributed by atoms with van der Waals surface area (Å²) in [4.78, 5) is 51.6. The van der Waals surface area contributed by atoms with Crippen LogP contribution in [0.4, 0.5) is 4.79 Å². The van der Waals surface area contributed by atoms with Gasteiger partial charge in [-0.05, 0) is 63.5 Å². The molecule has 9 heteroatoms. The normalized spacial score (nSPS) is 11.8. The van der Waals surface area contributed by atoms with Crippen LogP contribution in [-0.2, 0) is 36.9 Å². The van der Waals surface area contributed by atoms with E-state index in [0.29, 0.717) is 19.3 Å². The quantitative estimate of drug-likeness (QED) is 0.268. The number of aryl methyl sites for hydroxylation is 1. The highest BCUT2D eigenvalue weighted by atomic mass is 16.6. The molecule has 2 aromatic rings. The van der Waals surface area contributed by atoms with E-state index in [1.54, 1.807) is 20.8 Å². The Balaban J connectivity index is 2.11. The van der Waals surface area contributed by atoms with Gasteiger partial charge in [-0.2, -0.15) is 0 Å². The summed E-state index contributed by atoms with van der Waals surface area (Å²) in [6, 6.07) is 17.9. The van der Waals surface area contributed by atoms with E-state index < -0.39 is 42.1 Å². The Kier molecular flexibility index (Phi) is 13.2. The summed E-state index contributed by atoms with van der Waals surface area (Å²) in [6.45, 7) is 8.85. The second-order valence-corrected chi connectivity index (χ2v) is 11.1. The minimum Gasteiger partial charge on any atom is -0.458 e. The van der Waals surface area contributed by atoms with Gasteiger partial charge >= 0.3 is 12.1 Å². The van der Waals surface area contributed by atoms with Crippen molar-refractivity contribution < 1.29 is 28.7 Å². The minimum atomic E-state index is -1.03. The van der Waals surface area contributed by atoms with Gasteiger partial charge in [0.2, 0.25) is 5.91 Å². The maximum absolute atomic E-state index is 13.3. The Bertz CT molecular complexity index is 1080. The predicted octanol–water partition coefficient (Wildman–Crippen LogP) is 4.94. The van der Waals surface area contributed by atoms with Crippen LogP contribution in [0.5, 0.6) is 0 Å². The zero-order valence-electron chi connectivity index (χ0n) is 24.3. The summed E-state index contributed by atoms with van der Waals surface area (Å²) in [5.74, 6) is -1.41. The molecule has 0 radical (unpaired) electrons. The minimum absolute atomic E-state index is 0.0518. The van der Waals surface area contributed by atoms with Crippen LogP contribution in [0.25, 0.3) is 0 Å². The Hall–Kier alpha value is -3.88. The number of alkyl carbamates (subject to hydrolysis) is 1. The van der Waals surface area contributed by atoms with Gasteiger partial charge in [-0.3, -0.25) is 15.0 Å². The first-order chi connectivity index (χ1) is 18.9. The molecule has 1 atom stereocenters. The molecule has 0 aliphatic rings. The molecule has 0 aliphatic heterocycles. The van der Waals surface area contributed by atoms with E-state index in [1.807, 2.05) is 74.5 Å². The zero-order chi connectivity index (χ0) is 29.5. The second kappa shape index (κ2) is 16.3. The number of benzene rings is 2. The number of rotatable bonds is 13. The van der Waals surface area contributed by atoms with Gasteiger partial charge in [0.1, 0.15) is 18.8 Å². The summed E-state index contributed by atoms with van der Waals surface area (Å²) < 4.78 is 10.8. The number of esters is 1. The lowest BCUT2D eigenvalue weighted by atomic mass is 10.0. The molecule has 0 bridgehead atoms. The first-order valence-electron chi connectivity index (χ1n) is 13.8. The highest BCUT2D eigenvalue weighted by Crippen LogP contribution is 2.18. The van der Waals surface area contributed by atoms with Crippen molar-refractivity contribution in [1.82, 2.24) is 15.8 Å². The van der Waals surface area contributed by atoms with Gasteiger partial charge in [-0.1, -0.05) is 74.5 Å². The van der Waals surface area contributed by atoms with Crippen LogP contribution in [0.15, 0.2) is 60.7 Å². The van der Waals surface area contributed by atoms with E-state index in [1.165, 1.54) is 0 Å². The molecule has 0 aromatic heterocycles. The molecule has 2 N–H and O–H groups in total. The first kappa shape index (κ1) is 32.3. The third kappa shape index (κ3) is 12.8. The van der Waals surface area contributed by atoms with Crippen LogP contribution in [0.3, 0.4) is 0 Å². The third-order valence-electron chi connectivity index (χ3n) is 5.83. The Morgan fingerprint density at radius 3 is 2.05 bits per heavy atom. The summed E-state index contributed by atoms with van der Waals surface area (Å²) >= 11 is 0. The molecule has 2 aromatic carbocycles. The molecule has 9 nitrogen and oxygen atoms in total. The molecule has 3 amide bonds. The number of hydrazine groups is 1. The van der Waals surface area contributed by atoms with Gasteiger partial charge in [0.05, 0.1) is 0 Å². The number of ether oxygens (including phenoxy) is 2. The molecule has 0 saturated heterocycles. The van der Waals surface area contributed by atoms with Crippen molar-refractivity contribution in [2.75, 3.05) is 6.54 Å². The number of carbonyl (C=O) groups is 4. The maximum atomic E-state index is 13.3. The van der Waals surface area contributed by atoms with E-state index >= 15 is 0 Å². The molecular formula is C31H43N3O6. The number of amides is 3. The van der Waals surface area contributed by atoms with Crippen molar-refractivity contribution in [3.8, 4) is 0 Å². The van der Waals surface area contributed by atoms with Crippen molar-refractivity contribution in [2.24, 2.45) is 5.92 Å². The van der Waals surface area contributed by atoms with Crippen molar-refractivity contribution in [3.63, 3.8) is 0 Å². The van der Waals surface area contributed by atoms with Crippen LogP contribution in [0.2, 0.25) is 0 Å². The molecular weight excluding hydrogens is 510 g/mol. The van der Waals surface area contributed by atoms with Crippen molar-refractivity contribution >= 4 is 23.9 Å². The van der Waals surface area contributed by atoms with Crippen LogP contribution in [0, 0.1) is 5.92 Å². The number of hydrogen-bond donors (Lipinski definition) is 2. The summed E-state index contributed by atoms with van der Waals surface area (Å²) in [6.07, 6.45) is 1.51. The van der Waals surface area contributed by atoms with E-state index in [9.17, 15) is 19.2 Å². The fraction of sp³-hybridized carbons (Fsp3) is 0.484. The van der Waals surface area contributed by atoms with Gasteiger partial charge in [0.15, 0.2) is 6.04 Å². The lowest BCUT2D eigenvalue weighted by molar-refractivity contribution is -0.168. The van der Waals surface area contributed by atoms with E-state index in [4.69, 9.17) is 9.47 Å². The van der Waals surface area contributed by atoms with Crippen LogP contribution >= 0.6 is 0 Å². The second-order valence-electron chi connectivity index (χ2n) is 11.1. The number of nitrogens with one attached hydrogen (secondary N) is 2. The SMILES string of the molecule is CC(C)CCC(=O)N(NC(=O)CNC(=O)OCc1ccccc1)[C@@H](CCCc1ccccc1)C(=O)OC(C)(C)C. The lowest BCUT2D eigenvalue weighted by Crippen LogP contribution is -2.57. The molecule has 0 saturated carbocycles. The predicted molar refractivity (Wildman–Crippen MR) is 153 cm³/mol. The topological polar surface area (TPSA) is 114 Å². The van der Waals surface area contributed by atoms with Gasteiger partial charge in [-0.15, -0.1) is 0 Å². The van der Waals surface area contributed by atoms with E-state index in [2.05, 4.69) is 10.7 Å². The molecule has 0 aliphatic carbocycles. The van der Waals surface area contributed by atoms with Crippen molar-refractivity contribution in [2.45, 2.75) is 85.0 Å². The molecule has 0 unspecified atom stereocenters. The average Bonchev–Trinajstić information content (AvgIpc) is 2.91. The van der Waals surface area contributed by atoms with E-state index in [0.717, 1.165) is 16.1 Å². The van der Waals surface area contributed by atoms with Crippen molar-refractivity contribution in [3.05, 3.63) is 71.8 Å². The Labute approximate surface area is 237 Å². The standard InChI is InChI=1S/C31H43N3O6/c1-23(2)19-20-28(36)34(33-27(35)21-32-30(38)39-22-25-15-10-7-11-16-25)26(29(37)40-31(3,4)5)18-12-17-24-13-8-6-9-14-24/h6-11,13-16,23,26H,12,17-22H2,1-5H3,(H,32,38)(H,33,35)/t26-/m0/s1.